The Hall–Kier alpha value is -1.63. The van der Waals surface area contributed by atoms with E-state index in [0.29, 0.717) is 30.3 Å². The Kier molecular flexibility index (Phi) is 5.38. The van der Waals surface area contributed by atoms with Crippen LogP contribution in [0.3, 0.4) is 0 Å². The van der Waals surface area contributed by atoms with Gasteiger partial charge in [0.05, 0.1) is 12.0 Å². The molecule has 0 bridgehead atoms. The van der Waals surface area contributed by atoms with Crippen LogP contribution in [0.25, 0.3) is 0 Å². The normalized spacial score (nSPS) is 26.9. The number of rotatable bonds is 4. The summed E-state index contributed by atoms with van der Waals surface area (Å²) in [6.45, 7) is 5.37. The Labute approximate surface area is 171 Å². The number of nitrogens with one attached hydrogen (secondary N) is 1. The van der Waals surface area contributed by atoms with E-state index in [1.54, 1.807) is 31.4 Å². The Morgan fingerprint density at radius 1 is 1.18 bits per heavy atom. The number of amides is 2. The average molecular weight is 406 g/mol. The first-order valence-corrected chi connectivity index (χ1v) is 10.4. The summed E-state index contributed by atoms with van der Waals surface area (Å²) in [7, 11) is 1.71. The number of nitrogens with zero attached hydrogens (tertiary/aromatic N) is 2. The van der Waals surface area contributed by atoms with E-state index in [0.717, 1.165) is 45.4 Å². The van der Waals surface area contributed by atoms with Crippen molar-refractivity contribution in [2.24, 2.45) is 10.8 Å². The molecular weight excluding hydrogens is 378 g/mol. The molecule has 1 N–H and O–H groups in total. The molecule has 7 heteroatoms. The maximum absolute atomic E-state index is 12.9. The molecule has 1 aromatic carbocycles. The van der Waals surface area contributed by atoms with Gasteiger partial charge in [0.2, 0.25) is 5.91 Å². The van der Waals surface area contributed by atoms with Gasteiger partial charge in [-0.25, -0.2) is 0 Å². The second kappa shape index (κ2) is 7.65. The number of hydrogen-bond acceptors (Lipinski definition) is 4. The molecule has 3 fully saturated rings. The maximum atomic E-state index is 12.9. The molecule has 2 amide bonds. The number of likely N-dealkylation sites (tertiary alicyclic amines) is 2. The number of halogens is 1. The van der Waals surface area contributed by atoms with Gasteiger partial charge in [-0.2, -0.15) is 0 Å². The minimum atomic E-state index is -0.323. The predicted octanol–water partition coefficient (Wildman–Crippen LogP) is 2.03. The fraction of sp³-hybridized carbons (Fsp3) is 0.619. The fourth-order valence-corrected chi connectivity index (χ4v) is 5.57. The van der Waals surface area contributed by atoms with Crippen LogP contribution in [0, 0.1) is 10.8 Å². The molecule has 3 aliphatic heterocycles. The van der Waals surface area contributed by atoms with Gasteiger partial charge in [-0.15, -0.1) is 0 Å². The van der Waals surface area contributed by atoms with Gasteiger partial charge >= 0.3 is 0 Å². The van der Waals surface area contributed by atoms with Gasteiger partial charge in [-0.3, -0.25) is 14.5 Å². The van der Waals surface area contributed by atoms with E-state index in [2.05, 4.69) is 10.2 Å². The van der Waals surface area contributed by atoms with Crippen LogP contribution < -0.4 is 5.32 Å². The molecule has 2 spiro atoms. The highest BCUT2D eigenvalue weighted by Crippen LogP contribution is 2.56. The van der Waals surface area contributed by atoms with E-state index in [4.69, 9.17) is 16.3 Å². The summed E-state index contributed by atoms with van der Waals surface area (Å²) in [4.78, 5) is 30.1. The van der Waals surface area contributed by atoms with Crippen molar-refractivity contribution in [2.45, 2.75) is 19.3 Å². The SMILES string of the molecule is COCCN1CC2(CCN(C(=O)c3ccc(Cl)cc3)CC2)[C@]2(CCNC2=O)C1. The van der Waals surface area contributed by atoms with Gasteiger partial charge in [0.25, 0.3) is 5.91 Å². The maximum Gasteiger partial charge on any atom is 0.253 e. The van der Waals surface area contributed by atoms with Crippen LogP contribution in [0.4, 0.5) is 0 Å². The minimum Gasteiger partial charge on any atom is -0.383 e. The number of piperidine rings is 1. The summed E-state index contributed by atoms with van der Waals surface area (Å²) in [5, 5.41) is 3.71. The molecule has 152 valence electrons. The largest absolute Gasteiger partial charge is 0.383 e. The Bertz CT molecular complexity index is 746. The lowest BCUT2D eigenvalue weighted by molar-refractivity contribution is -0.133. The highest BCUT2D eigenvalue weighted by Gasteiger charge is 2.63. The molecule has 0 aromatic heterocycles. The van der Waals surface area contributed by atoms with E-state index in [1.807, 2.05) is 4.90 Å². The third-order valence-corrected chi connectivity index (χ3v) is 7.27. The van der Waals surface area contributed by atoms with Crippen LogP contribution >= 0.6 is 11.6 Å². The monoisotopic (exact) mass is 405 g/mol. The molecule has 3 heterocycles. The molecule has 3 aliphatic rings. The van der Waals surface area contributed by atoms with Crippen LogP contribution in [0.2, 0.25) is 5.02 Å². The Morgan fingerprint density at radius 2 is 1.89 bits per heavy atom. The Balaban J connectivity index is 1.50. The Morgan fingerprint density at radius 3 is 2.50 bits per heavy atom. The van der Waals surface area contributed by atoms with E-state index in [-0.39, 0.29) is 22.6 Å². The zero-order valence-electron chi connectivity index (χ0n) is 16.4. The highest BCUT2D eigenvalue weighted by molar-refractivity contribution is 6.30. The van der Waals surface area contributed by atoms with Crippen LogP contribution in [0.15, 0.2) is 24.3 Å². The van der Waals surface area contributed by atoms with Crippen LogP contribution in [0.5, 0.6) is 0 Å². The van der Waals surface area contributed by atoms with Crippen LogP contribution in [-0.2, 0) is 9.53 Å². The molecule has 0 saturated carbocycles. The first-order chi connectivity index (χ1) is 13.5. The van der Waals surface area contributed by atoms with E-state index in [9.17, 15) is 9.59 Å². The summed E-state index contributed by atoms with van der Waals surface area (Å²) in [5.41, 5.74) is 0.288. The van der Waals surface area contributed by atoms with Crippen molar-refractivity contribution in [3.63, 3.8) is 0 Å². The second-order valence-electron chi connectivity index (χ2n) is 8.37. The quantitative estimate of drug-likeness (QED) is 0.832. The van der Waals surface area contributed by atoms with Crippen molar-refractivity contribution in [3.8, 4) is 0 Å². The number of carbonyl (C=O) groups is 2. The minimum absolute atomic E-state index is 0.0469. The lowest BCUT2D eigenvalue weighted by atomic mass is 9.60. The summed E-state index contributed by atoms with van der Waals surface area (Å²) in [6.07, 6.45) is 2.62. The van der Waals surface area contributed by atoms with Gasteiger partial charge in [0, 0.05) is 62.4 Å². The summed E-state index contributed by atoms with van der Waals surface area (Å²) in [6, 6.07) is 7.07. The lowest BCUT2D eigenvalue weighted by Gasteiger charge is -2.46. The number of hydrogen-bond donors (Lipinski definition) is 1. The topological polar surface area (TPSA) is 61.9 Å². The molecule has 0 unspecified atom stereocenters. The zero-order chi connectivity index (χ0) is 19.8. The van der Waals surface area contributed by atoms with Crippen LogP contribution in [-0.4, -0.2) is 74.6 Å². The molecule has 28 heavy (non-hydrogen) atoms. The van der Waals surface area contributed by atoms with Crippen molar-refractivity contribution in [3.05, 3.63) is 34.9 Å². The van der Waals surface area contributed by atoms with Crippen molar-refractivity contribution in [1.82, 2.24) is 15.1 Å². The van der Waals surface area contributed by atoms with E-state index >= 15 is 0 Å². The number of fused-ring (bicyclic) bond motifs is 1. The first-order valence-electron chi connectivity index (χ1n) is 10.0. The van der Waals surface area contributed by atoms with Crippen molar-refractivity contribution in [1.29, 1.82) is 0 Å². The molecule has 3 saturated heterocycles. The van der Waals surface area contributed by atoms with Crippen molar-refractivity contribution < 1.29 is 14.3 Å². The number of ether oxygens (including phenoxy) is 1. The van der Waals surface area contributed by atoms with Gasteiger partial charge < -0.3 is 15.0 Å². The third-order valence-electron chi connectivity index (χ3n) is 7.02. The van der Waals surface area contributed by atoms with Gasteiger partial charge in [-0.05, 0) is 43.5 Å². The van der Waals surface area contributed by atoms with E-state index in [1.165, 1.54) is 0 Å². The van der Waals surface area contributed by atoms with Crippen LogP contribution in [0.1, 0.15) is 29.6 Å². The molecule has 0 aliphatic carbocycles. The second-order valence-corrected chi connectivity index (χ2v) is 8.81. The van der Waals surface area contributed by atoms with Crippen molar-refractivity contribution >= 4 is 23.4 Å². The lowest BCUT2D eigenvalue weighted by Crippen LogP contribution is -2.53. The molecule has 4 rings (SSSR count). The predicted molar refractivity (Wildman–Crippen MR) is 107 cm³/mol. The number of carbonyl (C=O) groups excluding carboxylic acids is 2. The summed E-state index contributed by atoms with van der Waals surface area (Å²) >= 11 is 5.94. The standard InChI is InChI=1S/C21H28ClN3O3/c1-28-13-12-24-14-20(21(15-24)6-9-23-19(21)27)7-10-25(11-8-20)18(26)16-2-4-17(22)5-3-16/h2-5H,6-15H2,1H3,(H,23,27)/t21-/m1/s1. The smallest absolute Gasteiger partial charge is 0.253 e. The molecular formula is C21H28ClN3O3. The van der Waals surface area contributed by atoms with Gasteiger partial charge in [0.1, 0.15) is 0 Å². The highest BCUT2D eigenvalue weighted by atomic mass is 35.5. The summed E-state index contributed by atoms with van der Waals surface area (Å²) < 4.78 is 5.26. The average Bonchev–Trinajstić information content (AvgIpc) is 3.22. The number of methoxy groups -OCH3 is 1. The van der Waals surface area contributed by atoms with Gasteiger partial charge in [-0.1, -0.05) is 11.6 Å². The third kappa shape index (κ3) is 3.21. The molecule has 6 nitrogen and oxygen atoms in total. The fourth-order valence-electron chi connectivity index (χ4n) is 5.44. The summed E-state index contributed by atoms with van der Waals surface area (Å²) in [5.74, 6) is 0.246. The molecule has 1 aromatic rings. The van der Waals surface area contributed by atoms with Crippen molar-refractivity contribution in [2.75, 3.05) is 53.0 Å². The zero-order valence-corrected chi connectivity index (χ0v) is 17.1. The molecule has 0 radical (unpaired) electrons. The number of benzene rings is 1. The van der Waals surface area contributed by atoms with Gasteiger partial charge in [0.15, 0.2) is 0 Å². The van der Waals surface area contributed by atoms with E-state index < -0.39 is 0 Å². The first kappa shape index (κ1) is 19.7. The molecule has 1 atom stereocenters.